The zero-order valence-corrected chi connectivity index (χ0v) is 13.2. The summed E-state index contributed by atoms with van der Waals surface area (Å²) in [6.45, 7) is 3.27. The summed E-state index contributed by atoms with van der Waals surface area (Å²) < 4.78 is 1.78. The molecule has 122 valence electrons. The van der Waals surface area contributed by atoms with E-state index in [9.17, 15) is 15.0 Å². The highest BCUT2D eigenvalue weighted by molar-refractivity contribution is 5.88. The molecule has 2 heterocycles. The van der Waals surface area contributed by atoms with Crippen molar-refractivity contribution in [1.82, 2.24) is 19.5 Å². The van der Waals surface area contributed by atoms with Crippen LogP contribution in [0.1, 0.15) is 25.2 Å². The SMILES string of the molecule is CNc1nc(C)nc2c1ncn2[C@@H]1C2C[C@]2(C(C)=O)C(O)[C@H]1O. The molecule has 23 heavy (non-hydrogen) atoms. The van der Waals surface area contributed by atoms with E-state index in [1.807, 2.05) is 0 Å². The predicted octanol–water partition coefficient (Wildman–Crippen LogP) is 0.0482. The van der Waals surface area contributed by atoms with Gasteiger partial charge in [0.15, 0.2) is 11.5 Å². The summed E-state index contributed by atoms with van der Waals surface area (Å²) in [6, 6.07) is -0.405. The van der Waals surface area contributed by atoms with E-state index in [-0.39, 0.29) is 11.7 Å². The van der Waals surface area contributed by atoms with E-state index in [1.165, 1.54) is 6.92 Å². The highest BCUT2D eigenvalue weighted by atomic mass is 16.3. The van der Waals surface area contributed by atoms with Gasteiger partial charge >= 0.3 is 0 Å². The van der Waals surface area contributed by atoms with Gasteiger partial charge in [0.1, 0.15) is 23.2 Å². The average molecular weight is 317 g/mol. The highest BCUT2D eigenvalue weighted by Crippen LogP contribution is 2.68. The minimum Gasteiger partial charge on any atom is -0.389 e. The number of hydrogen-bond donors (Lipinski definition) is 3. The minimum atomic E-state index is -1.04. The summed E-state index contributed by atoms with van der Waals surface area (Å²) in [5.41, 5.74) is 0.402. The molecule has 2 aliphatic rings. The third kappa shape index (κ3) is 1.67. The van der Waals surface area contributed by atoms with Crippen LogP contribution in [-0.4, -0.2) is 54.8 Å². The van der Waals surface area contributed by atoms with E-state index in [1.54, 1.807) is 24.9 Å². The van der Waals surface area contributed by atoms with Crippen LogP contribution in [0.25, 0.3) is 11.2 Å². The number of aromatic nitrogens is 4. The molecule has 8 nitrogen and oxygen atoms in total. The van der Waals surface area contributed by atoms with Gasteiger partial charge in [-0.1, -0.05) is 0 Å². The molecule has 2 aliphatic carbocycles. The Morgan fingerprint density at radius 1 is 1.43 bits per heavy atom. The van der Waals surface area contributed by atoms with Crippen molar-refractivity contribution in [3.8, 4) is 0 Å². The quantitative estimate of drug-likeness (QED) is 0.733. The zero-order valence-electron chi connectivity index (χ0n) is 13.2. The Morgan fingerprint density at radius 2 is 2.17 bits per heavy atom. The fourth-order valence-corrected chi connectivity index (χ4v) is 4.19. The second-order valence-electron chi connectivity index (χ2n) is 6.53. The van der Waals surface area contributed by atoms with Gasteiger partial charge in [-0.3, -0.25) is 4.79 Å². The molecule has 0 amide bonds. The van der Waals surface area contributed by atoms with Crippen molar-refractivity contribution in [3.63, 3.8) is 0 Å². The first-order valence-corrected chi connectivity index (χ1v) is 7.68. The lowest BCUT2D eigenvalue weighted by Gasteiger charge is -2.23. The summed E-state index contributed by atoms with van der Waals surface area (Å²) in [7, 11) is 1.76. The zero-order chi connectivity index (χ0) is 16.5. The van der Waals surface area contributed by atoms with Crippen molar-refractivity contribution < 1.29 is 15.0 Å². The van der Waals surface area contributed by atoms with Gasteiger partial charge < -0.3 is 20.1 Å². The molecule has 0 aliphatic heterocycles. The van der Waals surface area contributed by atoms with Gasteiger partial charge in [0, 0.05) is 7.05 Å². The summed E-state index contributed by atoms with van der Waals surface area (Å²) in [4.78, 5) is 25.1. The van der Waals surface area contributed by atoms with Crippen molar-refractivity contribution in [1.29, 1.82) is 0 Å². The number of hydrogen-bond acceptors (Lipinski definition) is 7. The Labute approximate surface area is 132 Å². The molecule has 2 aromatic heterocycles. The Hall–Kier alpha value is -2.06. The summed E-state index contributed by atoms with van der Waals surface area (Å²) in [6.07, 6.45) is 0.144. The topological polar surface area (TPSA) is 113 Å². The fourth-order valence-electron chi connectivity index (χ4n) is 4.19. The monoisotopic (exact) mass is 317 g/mol. The second-order valence-corrected chi connectivity index (χ2v) is 6.53. The predicted molar refractivity (Wildman–Crippen MR) is 81.9 cm³/mol. The number of Topliss-reactive ketones (excluding diaryl/α,β-unsaturated/α-hetero) is 1. The number of carbonyl (C=O) groups excluding carboxylic acids is 1. The maximum atomic E-state index is 12.0. The van der Waals surface area contributed by atoms with Crippen LogP contribution < -0.4 is 5.32 Å². The van der Waals surface area contributed by atoms with Crippen LogP contribution >= 0.6 is 0 Å². The van der Waals surface area contributed by atoms with Crippen LogP contribution in [0.5, 0.6) is 0 Å². The summed E-state index contributed by atoms with van der Waals surface area (Å²) in [5, 5.41) is 23.9. The molecule has 0 saturated heterocycles. The van der Waals surface area contributed by atoms with E-state index in [2.05, 4.69) is 20.3 Å². The van der Waals surface area contributed by atoms with Crippen molar-refractivity contribution in [3.05, 3.63) is 12.2 Å². The van der Waals surface area contributed by atoms with Gasteiger partial charge in [-0.25, -0.2) is 15.0 Å². The number of anilines is 1. The number of carbonyl (C=O) groups is 1. The standard InChI is InChI=1S/C15H19N5O3/c1-6(21)15-4-8(15)10(11(22)12(15)23)20-5-17-9-13(16-3)18-7(2)19-14(9)20/h5,8,10-12,22-23H,4H2,1-3H3,(H,16,18,19)/t8?,10-,11+,12?,15-/m1/s1. The molecule has 0 spiro atoms. The molecular formula is C15H19N5O3. The molecule has 0 aromatic carbocycles. The molecule has 4 rings (SSSR count). The number of nitrogens with one attached hydrogen (secondary N) is 1. The second kappa shape index (κ2) is 4.48. The number of aliphatic hydroxyl groups is 2. The maximum Gasteiger partial charge on any atom is 0.166 e. The van der Waals surface area contributed by atoms with Crippen LogP contribution in [0.3, 0.4) is 0 Å². The van der Waals surface area contributed by atoms with Crippen LogP contribution in [0, 0.1) is 18.3 Å². The number of ketones is 1. The summed E-state index contributed by atoms with van der Waals surface area (Å²) >= 11 is 0. The van der Waals surface area contributed by atoms with E-state index in [0.29, 0.717) is 29.2 Å². The van der Waals surface area contributed by atoms with Crippen LogP contribution in [-0.2, 0) is 4.79 Å². The number of aryl methyl sites for hydroxylation is 1. The molecule has 8 heteroatoms. The average Bonchev–Trinajstić information content (AvgIpc) is 3.06. The lowest BCUT2D eigenvalue weighted by atomic mass is 9.95. The Morgan fingerprint density at radius 3 is 2.78 bits per heavy atom. The number of rotatable bonds is 3. The first-order chi connectivity index (χ1) is 10.9. The third-order valence-electron chi connectivity index (χ3n) is 5.42. The molecule has 2 aromatic rings. The van der Waals surface area contributed by atoms with Gasteiger partial charge in [-0.15, -0.1) is 0 Å². The molecular weight excluding hydrogens is 298 g/mol. The van der Waals surface area contributed by atoms with Crippen molar-refractivity contribution in [2.24, 2.45) is 11.3 Å². The van der Waals surface area contributed by atoms with E-state index in [0.717, 1.165) is 0 Å². The smallest absolute Gasteiger partial charge is 0.166 e. The van der Waals surface area contributed by atoms with E-state index >= 15 is 0 Å². The minimum absolute atomic E-state index is 0.0670. The normalized spacial score (nSPS) is 35.3. The first-order valence-electron chi connectivity index (χ1n) is 7.68. The number of imidazole rings is 1. The number of fused-ring (bicyclic) bond motifs is 2. The van der Waals surface area contributed by atoms with Gasteiger partial charge in [0.2, 0.25) is 0 Å². The van der Waals surface area contributed by atoms with Gasteiger partial charge in [-0.05, 0) is 26.2 Å². The van der Waals surface area contributed by atoms with Gasteiger partial charge in [0.05, 0.1) is 23.9 Å². The molecule has 0 radical (unpaired) electrons. The molecule has 5 atom stereocenters. The summed E-state index contributed by atoms with van der Waals surface area (Å²) in [5.74, 6) is 1.05. The Kier molecular flexibility index (Phi) is 2.83. The van der Waals surface area contributed by atoms with Gasteiger partial charge in [-0.2, -0.15) is 0 Å². The first kappa shape index (κ1) is 14.5. The van der Waals surface area contributed by atoms with E-state index in [4.69, 9.17) is 0 Å². The van der Waals surface area contributed by atoms with Crippen molar-refractivity contribution in [2.75, 3.05) is 12.4 Å². The Balaban J connectivity index is 1.85. The maximum absolute atomic E-state index is 12.0. The Bertz CT molecular complexity index is 819. The molecule has 3 N–H and O–H groups in total. The van der Waals surface area contributed by atoms with Crippen LogP contribution in [0.2, 0.25) is 0 Å². The van der Waals surface area contributed by atoms with Crippen molar-refractivity contribution >= 4 is 22.8 Å². The van der Waals surface area contributed by atoms with E-state index < -0.39 is 23.7 Å². The molecule has 2 fully saturated rings. The molecule has 2 saturated carbocycles. The molecule has 0 bridgehead atoms. The molecule has 2 unspecified atom stereocenters. The largest absolute Gasteiger partial charge is 0.389 e. The number of aliphatic hydroxyl groups excluding tert-OH is 2. The third-order valence-corrected chi connectivity index (χ3v) is 5.42. The fraction of sp³-hybridized carbons (Fsp3) is 0.600. The van der Waals surface area contributed by atoms with Crippen molar-refractivity contribution in [2.45, 2.75) is 38.5 Å². The van der Waals surface area contributed by atoms with Gasteiger partial charge in [0.25, 0.3) is 0 Å². The number of nitrogens with zero attached hydrogens (tertiary/aromatic N) is 4. The lowest BCUT2D eigenvalue weighted by molar-refractivity contribution is -0.128. The van der Waals surface area contributed by atoms with Crippen LogP contribution in [0.4, 0.5) is 5.82 Å². The highest BCUT2D eigenvalue weighted by Gasteiger charge is 2.74. The van der Waals surface area contributed by atoms with Crippen LogP contribution in [0.15, 0.2) is 6.33 Å². The lowest BCUT2D eigenvalue weighted by Crippen LogP contribution is -2.36.